The summed E-state index contributed by atoms with van der Waals surface area (Å²) in [6.45, 7) is 4.08. The van der Waals surface area contributed by atoms with Gasteiger partial charge < -0.3 is 19.8 Å². The number of rotatable bonds is 6. The van der Waals surface area contributed by atoms with Crippen LogP contribution in [0.15, 0.2) is 35.4 Å². The molecule has 7 heteroatoms. The highest BCUT2D eigenvalue weighted by molar-refractivity contribution is 5.96. The third kappa shape index (κ3) is 4.32. The zero-order valence-electron chi connectivity index (χ0n) is 13.3. The standard InChI is InChI=1S/C16H19N3O4/c1-10(2)23-13-5-4-11(8-18-13)9-19-16(21)14-12(22-3)6-7-17-15(14)20/h4-8,10H,9H2,1-3H3,(H,17,20)(H,19,21). The molecule has 0 fully saturated rings. The van der Waals surface area contributed by atoms with Crippen LogP contribution in [0, 0.1) is 0 Å². The van der Waals surface area contributed by atoms with Gasteiger partial charge >= 0.3 is 0 Å². The maximum absolute atomic E-state index is 12.2. The van der Waals surface area contributed by atoms with Gasteiger partial charge in [0.25, 0.3) is 11.5 Å². The van der Waals surface area contributed by atoms with Crippen molar-refractivity contribution in [3.05, 3.63) is 52.1 Å². The van der Waals surface area contributed by atoms with Gasteiger partial charge in [0.1, 0.15) is 11.3 Å². The third-order valence-electron chi connectivity index (χ3n) is 2.98. The highest BCUT2D eigenvalue weighted by Crippen LogP contribution is 2.13. The Morgan fingerprint density at radius 2 is 2.13 bits per heavy atom. The van der Waals surface area contributed by atoms with Crippen LogP contribution < -0.4 is 20.3 Å². The molecule has 0 radical (unpaired) electrons. The Hall–Kier alpha value is -2.83. The van der Waals surface area contributed by atoms with E-state index in [1.807, 2.05) is 13.8 Å². The van der Waals surface area contributed by atoms with Gasteiger partial charge in [0.15, 0.2) is 0 Å². The van der Waals surface area contributed by atoms with Crippen molar-refractivity contribution in [3.63, 3.8) is 0 Å². The smallest absolute Gasteiger partial charge is 0.264 e. The van der Waals surface area contributed by atoms with E-state index in [0.717, 1.165) is 5.56 Å². The second kappa shape index (κ2) is 7.44. The lowest BCUT2D eigenvalue weighted by molar-refractivity contribution is 0.0946. The van der Waals surface area contributed by atoms with E-state index in [0.29, 0.717) is 5.88 Å². The van der Waals surface area contributed by atoms with Crippen LogP contribution in [-0.2, 0) is 6.54 Å². The minimum Gasteiger partial charge on any atom is -0.496 e. The summed E-state index contributed by atoms with van der Waals surface area (Å²) in [5, 5.41) is 2.67. The van der Waals surface area contributed by atoms with Gasteiger partial charge in [-0.2, -0.15) is 0 Å². The van der Waals surface area contributed by atoms with E-state index in [1.165, 1.54) is 19.4 Å². The van der Waals surface area contributed by atoms with Gasteiger partial charge in [-0.25, -0.2) is 4.98 Å². The Kier molecular flexibility index (Phi) is 5.35. The molecule has 0 aliphatic rings. The molecule has 0 saturated heterocycles. The number of H-pyrrole nitrogens is 1. The maximum Gasteiger partial charge on any atom is 0.264 e. The third-order valence-corrected chi connectivity index (χ3v) is 2.98. The average Bonchev–Trinajstić information content (AvgIpc) is 2.53. The first-order chi connectivity index (χ1) is 11.0. The molecule has 1 amide bonds. The number of carbonyl (C=O) groups excluding carboxylic acids is 1. The summed E-state index contributed by atoms with van der Waals surface area (Å²) >= 11 is 0. The van der Waals surface area contributed by atoms with Crippen LogP contribution in [0.1, 0.15) is 29.8 Å². The van der Waals surface area contributed by atoms with E-state index >= 15 is 0 Å². The van der Waals surface area contributed by atoms with Gasteiger partial charge in [0.05, 0.1) is 13.2 Å². The lowest BCUT2D eigenvalue weighted by Crippen LogP contribution is -2.29. The predicted octanol–water partition coefficient (Wildman–Crippen LogP) is 1.50. The van der Waals surface area contributed by atoms with Gasteiger partial charge in [-0.1, -0.05) is 6.07 Å². The predicted molar refractivity (Wildman–Crippen MR) is 84.8 cm³/mol. The van der Waals surface area contributed by atoms with Gasteiger partial charge in [-0.15, -0.1) is 0 Å². The average molecular weight is 317 g/mol. The molecule has 0 atom stereocenters. The van der Waals surface area contributed by atoms with E-state index in [2.05, 4.69) is 15.3 Å². The van der Waals surface area contributed by atoms with E-state index in [9.17, 15) is 9.59 Å². The van der Waals surface area contributed by atoms with Crippen LogP contribution in [0.25, 0.3) is 0 Å². The van der Waals surface area contributed by atoms with Crippen molar-refractivity contribution in [2.75, 3.05) is 7.11 Å². The number of ether oxygens (including phenoxy) is 2. The molecule has 2 N–H and O–H groups in total. The minimum absolute atomic E-state index is 0.0466. The van der Waals surface area contributed by atoms with E-state index in [-0.39, 0.29) is 24.0 Å². The highest BCUT2D eigenvalue weighted by atomic mass is 16.5. The monoisotopic (exact) mass is 317 g/mol. The molecule has 0 aliphatic heterocycles. The summed E-state index contributed by atoms with van der Waals surface area (Å²) in [4.78, 5) is 30.6. The Morgan fingerprint density at radius 3 is 2.74 bits per heavy atom. The number of aromatic nitrogens is 2. The first-order valence-electron chi connectivity index (χ1n) is 7.16. The molecule has 2 rings (SSSR count). The van der Waals surface area contributed by atoms with Crippen LogP contribution in [-0.4, -0.2) is 29.1 Å². The first kappa shape index (κ1) is 16.5. The van der Waals surface area contributed by atoms with Crippen LogP contribution in [0.2, 0.25) is 0 Å². The normalized spacial score (nSPS) is 10.4. The molecule has 0 saturated carbocycles. The molecular formula is C16H19N3O4. The van der Waals surface area contributed by atoms with Crippen molar-refractivity contribution in [2.24, 2.45) is 0 Å². The Balaban J connectivity index is 2.04. The molecular weight excluding hydrogens is 298 g/mol. The topological polar surface area (TPSA) is 93.3 Å². The minimum atomic E-state index is -0.508. The lowest BCUT2D eigenvalue weighted by Gasteiger charge is -2.10. The fourth-order valence-corrected chi connectivity index (χ4v) is 1.94. The quantitative estimate of drug-likeness (QED) is 0.842. The summed E-state index contributed by atoms with van der Waals surface area (Å²) in [6, 6.07) is 5.06. The van der Waals surface area contributed by atoms with Crippen LogP contribution in [0.3, 0.4) is 0 Å². The molecule has 2 heterocycles. The maximum atomic E-state index is 12.2. The number of hydrogen-bond donors (Lipinski definition) is 2. The first-order valence-corrected chi connectivity index (χ1v) is 7.16. The number of nitrogens with one attached hydrogen (secondary N) is 2. The molecule has 2 aromatic heterocycles. The fourth-order valence-electron chi connectivity index (χ4n) is 1.94. The summed E-state index contributed by atoms with van der Waals surface area (Å²) in [6.07, 6.45) is 3.09. The van der Waals surface area contributed by atoms with E-state index < -0.39 is 11.5 Å². The largest absolute Gasteiger partial charge is 0.496 e. The number of amides is 1. The van der Waals surface area contributed by atoms with Gasteiger partial charge in [-0.05, 0) is 25.5 Å². The molecule has 23 heavy (non-hydrogen) atoms. The van der Waals surface area contributed by atoms with Gasteiger partial charge in [-0.3, -0.25) is 9.59 Å². The van der Waals surface area contributed by atoms with Crippen molar-refractivity contribution in [3.8, 4) is 11.6 Å². The zero-order chi connectivity index (χ0) is 16.8. The van der Waals surface area contributed by atoms with Crippen LogP contribution in [0.5, 0.6) is 11.6 Å². The lowest BCUT2D eigenvalue weighted by atomic mass is 10.2. The molecule has 0 aromatic carbocycles. The summed E-state index contributed by atoms with van der Waals surface area (Å²) in [5.74, 6) is 0.243. The molecule has 2 aromatic rings. The number of aromatic amines is 1. The molecule has 7 nitrogen and oxygen atoms in total. The van der Waals surface area contributed by atoms with Gasteiger partial charge in [0.2, 0.25) is 5.88 Å². The van der Waals surface area contributed by atoms with Crippen LogP contribution >= 0.6 is 0 Å². The summed E-state index contributed by atoms with van der Waals surface area (Å²) < 4.78 is 10.5. The van der Waals surface area contributed by atoms with Crippen LogP contribution in [0.4, 0.5) is 0 Å². The number of hydrogen-bond acceptors (Lipinski definition) is 5. The summed E-state index contributed by atoms with van der Waals surface area (Å²) in [5.41, 5.74) is 0.240. The SMILES string of the molecule is COc1cc[nH]c(=O)c1C(=O)NCc1ccc(OC(C)C)nc1. The van der Waals surface area contributed by atoms with Crippen molar-refractivity contribution in [2.45, 2.75) is 26.5 Å². The van der Waals surface area contributed by atoms with E-state index in [1.54, 1.807) is 18.3 Å². The van der Waals surface area contributed by atoms with Crippen molar-refractivity contribution < 1.29 is 14.3 Å². The number of pyridine rings is 2. The molecule has 0 spiro atoms. The molecule has 0 aliphatic carbocycles. The van der Waals surface area contributed by atoms with Gasteiger partial charge in [0, 0.05) is 25.0 Å². The van der Waals surface area contributed by atoms with Crippen molar-refractivity contribution >= 4 is 5.91 Å². The molecule has 0 unspecified atom stereocenters. The Bertz CT molecular complexity index is 723. The zero-order valence-corrected chi connectivity index (χ0v) is 13.3. The highest BCUT2D eigenvalue weighted by Gasteiger charge is 2.16. The summed E-state index contributed by atoms with van der Waals surface area (Å²) in [7, 11) is 1.41. The van der Waals surface area contributed by atoms with Crippen molar-refractivity contribution in [1.82, 2.24) is 15.3 Å². The molecule has 0 bridgehead atoms. The van der Waals surface area contributed by atoms with Crippen molar-refractivity contribution in [1.29, 1.82) is 0 Å². The van der Waals surface area contributed by atoms with E-state index in [4.69, 9.17) is 9.47 Å². The fraction of sp³-hybridized carbons (Fsp3) is 0.312. The number of carbonyl (C=O) groups is 1. The Morgan fingerprint density at radius 1 is 1.35 bits per heavy atom. The second-order valence-corrected chi connectivity index (χ2v) is 5.10. The number of methoxy groups -OCH3 is 1. The number of nitrogens with zero attached hydrogens (tertiary/aromatic N) is 1. The second-order valence-electron chi connectivity index (χ2n) is 5.10. The molecule has 122 valence electrons. The Labute approximate surface area is 133 Å².